The van der Waals surface area contributed by atoms with Crippen molar-refractivity contribution in [3.8, 4) is 5.75 Å². The fourth-order valence-corrected chi connectivity index (χ4v) is 3.39. The summed E-state index contributed by atoms with van der Waals surface area (Å²) in [5, 5.41) is 7.42. The molecule has 2 heterocycles. The number of carboxylic acids is 1. The number of nitrogens with zero attached hydrogens (tertiary/aromatic N) is 1. The molecule has 1 spiro atoms. The van der Waals surface area contributed by atoms with Crippen LogP contribution in [0.5, 0.6) is 5.75 Å². The van der Waals surface area contributed by atoms with Gasteiger partial charge in [0, 0.05) is 32.7 Å². The number of alkyl halides is 3. The number of carboxylic acid groups (broad SMARTS) is 1. The smallest absolute Gasteiger partial charge is 0.481 e. The van der Waals surface area contributed by atoms with Crippen molar-refractivity contribution in [3.63, 3.8) is 0 Å². The number of halogens is 4. The van der Waals surface area contributed by atoms with E-state index in [1.54, 1.807) is 4.90 Å². The minimum atomic E-state index is -4.78. The molecule has 2 fully saturated rings. The van der Waals surface area contributed by atoms with Gasteiger partial charge >= 0.3 is 6.36 Å². The van der Waals surface area contributed by atoms with E-state index < -0.39 is 23.9 Å². The van der Waals surface area contributed by atoms with Gasteiger partial charge in [-0.05, 0) is 44.2 Å². The summed E-state index contributed by atoms with van der Waals surface area (Å²) in [6.45, 7) is 2.96. The molecule has 0 aromatic heterocycles. The van der Waals surface area contributed by atoms with Crippen LogP contribution in [0.3, 0.4) is 0 Å². The van der Waals surface area contributed by atoms with E-state index in [1.165, 1.54) is 0 Å². The summed E-state index contributed by atoms with van der Waals surface area (Å²) in [6.07, 6.45) is -0.0642. The Morgan fingerprint density at radius 2 is 1.85 bits per heavy atom. The van der Waals surface area contributed by atoms with Crippen molar-refractivity contribution in [2.75, 3.05) is 24.6 Å². The third-order valence-electron chi connectivity index (χ3n) is 4.60. The lowest BCUT2D eigenvalue weighted by Crippen LogP contribution is -2.48. The first kappa shape index (κ1) is 21.3. The van der Waals surface area contributed by atoms with Crippen LogP contribution >= 0.6 is 0 Å². The summed E-state index contributed by atoms with van der Waals surface area (Å²) in [5.41, 5.74) is 0.0168. The van der Waals surface area contributed by atoms with Gasteiger partial charge in [0.1, 0.15) is 11.6 Å². The van der Waals surface area contributed by atoms with E-state index in [9.17, 15) is 17.6 Å². The van der Waals surface area contributed by atoms with Crippen LogP contribution in [0.25, 0.3) is 0 Å². The maximum Gasteiger partial charge on any atom is 0.573 e. The number of hydrogen-bond donors (Lipinski definition) is 1. The average Bonchev–Trinajstić information content (AvgIpc) is 2.57. The molecule has 0 amide bonds. The number of rotatable bonds is 2. The summed E-state index contributed by atoms with van der Waals surface area (Å²) in [7, 11) is 0. The van der Waals surface area contributed by atoms with Crippen LogP contribution in [0.4, 0.5) is 23.2 Å². The normalized spacial score (nSPS) is 19.2. The predicted octanol–water partition coefficient (Wildman–Crippen LogP) is 4.35. The van der Waals surface area contributed by atoms with Crippen LogP contribution in [-0.2, 0) is 9.53 Å². The molecule has 152 valence electrons. The molecule has 1 aromatic carbocycles. The van der Waals surface area contributed by atoms with E-state index in [-0.39, 0.29) is 11.3 Å². The van der Waals surface area contributed by atoms with Gasteiger partial charge in [0.15, 0.2) is 0 Å². The largest absolute Gasteiger partial charge is 0.573 e. The highest BCUT2D eigenvalue weighted by atomic mass is 19.4. The van der Waals surface area contributed by atoms with Crippen molar-refractivity contribution in [2.45, 2.75) is 51.0 Å². The Hall–Kier alpha value is -2.03. The Balaban J connectivity index is 0.000000596. The molecule has 2 aliphatic rings. The summed E-state index contributed by atoms with van der Waals surface area (Å²) >= 11 is 0. The molecule has 0 bridgehead atoms. The lowest BCUT2D eigenvalue weighted by Gasteiger charge is -2.44. The fraction of sp³-hybridized carbons (Fsp3) is 0.611. The topological polar surface area (TPSA) is 59.0 Å². The molecule has 1 N–H and O–H groups in total. The third-order valence-corrected chi connectivity index (χ3v) is 4.60. The van der Waals surface area contributed by atoms with E-state index in [1.807, 2.05) is 0 Å². The van der Waals surface area contributed by atoms with Crippen LogP contribution in [0.2, 0.25) is 0 Å². The molecule has 0 radical (unpaired) electrons. The molecule has 0 atom stereocenters. The molecule has 9 heteroatoms. The molecule has 5 nitrogen and oxygen atoms in total. The molecule has 1 aromatic rings. The lowest BCUT2D eigenvalue weighted by atomic mass is 9.84. The van der Waals surface area contributed by atoms with Gasteiger partial charge in [0.25, 0.3) is 5.97 Å². The van der Waals surface area contributed by atoms with E-state index in [0.717, 1.165) is 63.8 Å². The lowest BCUT2D eigenvalue weighted by molar-refractivity contribution is -0.274. The van der Waals surface area contributed by atoms with Gasteiger partial charge in [-0.15, -0.1) is 13.2 Å². The highest BCUT2D eigenvalue weighted by Crippen LogP contribution is 2.37. The average molecular weight is 393 g/mol. The molecule has 2 aliphatic heterocycles. The van der Waals surface area contributed by atoms with Crippen molar-refractivity contribution in [1.29, 1.82) is 0 Å². The van der Waals surface area contributed by atoms with Crippen molar-refractivity contribution in [3.05, 3.63) is 24.0 Å². The standard InChI is InChI=1S/C16H19F4NO2.C2H4O2/c17-13-4-3-12(23-16(18,19)20)11-14(13)21-8-6-15(7-9-21)5-1-2-10-22-15;1-2(3)4/h3-4,11H,1-2,5-10H2;1H3,(H,3,4). The zero-order valence-corrected chi connectivity index (χ0v) is 15.0. The Morgan fingerprint density at radius 1 is 1.22 bits per heavy atom. The van der Waals surface area contributed by atoms with E-state index in [4.69, 9.17) is 14.6 Å². The minimum absolute atomic E-state index is 0.134. The second-order valence-corrected chi connectivity index (χ2v) is 6.66. The van der Waals surface area contributed by atoms with Gasteiger partial charge in [-0.2, -0.15) is 0 Å². The molecular weight excluding hydrogens is 370 g/mol. The Morgan fingerprint density at radius 3 is 2.37 bits per heavy atom. The number of ether oxygens (including phenoxy) is 2. The number of carbonyl (C=O) groups is 1. The summed E-state index contributed by atoms with van der Waals surface area (Å²) in [6, 6.07) is 3.11. The van der Waals surface area contributed by atoms with Crippen molar-refractivity contribution < 1.29 is 36.9 Å². The van der Waals surface area contributed by atoms with Crippen LogP contribution in [0.1, 0.15) is 39.0 Å². The molecule has 0 unspecified atom stereocenters. The quantitative estimate of drug-likeness (QED) is 0.757. The number of hydrogen-bond acceptors (Lipinski definition) is 4. The van der Waals surface area contributed by atoms with E-state index in [2.05, 4.69) is 4.74 Å². The highest BCUT2D eigenvalue weighted by molar-refractivity contribution is 5.63. The zero-order chi connectivity index (χ0) is 20.1. The van der Waals surface area contributed by atoms with Gasteiger partial charge in [-0.1, -0.05) is 0 Å². The predicted molar refractivity (Wildman–Crippen MR) is 90.4 cm³/mol. The van der Waals surface area contributed by atoms with Gasteiger partial charge < -0.3 is 19.5 Å². The van der Waals surface area contributed by atoms with Crippen LogP contribution < -0.4 is 9.64 Å². The van der Waals surface area contributed by atoms with Crippen molar-refractivity contribution in [1.82, 2.24) is 0 Å². The third kappa shape index (κ3) is 6.57. The first-order valence-corrected chi connectivity index (χ1v) is 8.74. The van der Waals surface area contributed by atoms with Crippen molar-refractivity contribution in [2.24, 2.45) is 0 Å². The zero-order valence-electron chi connectivity index (χ0n) is 15.0. The minimum Gasteiger partial charge on any atom is -0.481 e. The summed E-state index contributed by atoms with van der Waals surface area (Å²) < 4.78 is 60.7. The highest BCUT2D eigenvalue weighted by Gasteiger charge is 2.37. The number of benzene rings is 1. The Kier molecular flexibility index (Phi) is 6.91. The van der Waals surface area contributed by atoms with Crippen LogP contribution in [0, 0.1) is 5.82 Å². The van der Waals surface area contributed by atoms with Gasteiger partial charge in [-0.3, -0.25) is 4.79 Å². The number of anilines is 1. The number of piperidine rings is 1. The molecule has 27 heavy (non-hydrogen) atoms. The van der Waals surface area contributed by atoms with Crippen LogP contribution in [0.15, 0.2) is 18.2 Å². The van der Waals surface area contributed by atoms with Crippen LogP contribution in [-0.4, -0.2) is 42.7 Å². The maximum absolute atomic E-state index is 14.0. The Bertz CT molecular complexity index is 631. The van der Waals surface area contributed by atoms with Gasteiger partial charge in [-0.25, -0.2) is 4.39 Å². The van der Waals surface area contributed by atoms with Gasteiger partial charge in [0.2, 0.25) is 0 Å². The summed E-state index contributed by atoms with van der Waals surface area (Å²) in [4.78, 5) is 10.8. The maximum atomic E-state index is 14.0. The monoisotopic (exact) mass is 393 g/mol. The molecule has 0 saturated carbocycles. The van der Waals surface area contributed by atoms with E-state index >= 15 is 0 Å². The first-order chi connectivity index (χ1) is 12.6. The van der Waals surface area contributed by atoms with Crippen molar-refractivity contribution >= 4 is 11.7 Å². The number of aliphatic carboxylic acids is 1. The van der Waals surface area contributed by atoms with Gasteiger partial charge in [0.05, 0.1) is 11.3 Å². The molecular formula is C18H23F4NO4. The second-order valence-electron chi connectivity index (χ2n) is 6.66. The fourth-order valence-electron chi connectivity index (χ4n) is 3.39. The SMILES string of the molecule is CC(=O)O.Fc1ccc(OC(F)(F)F)cc1N1CCC2(CCCCO2)CC1. The molecule has 2 saturated heterocycles. The molecule has 0 aliphatic carbocycles. The summed E-state index contributed by atoms with van der Waals surface area (Å²) in [5.74, 6) is -1.77. The van der Waals surface area contributed by atoms with E-state index in [0.29, 0.717) is 13.1 Å². The Labute approximate surface area is 154 Å². The molecule has 3 rings (SSSR count). The second kappa shape index (κ2) is 8.77. The first-order valence-electron chi connectivity index (χ1n) is 8.74.